The molecule has 0 spiro atoms. The summed E-state index contributed by atoms with van der Waals surface area (Å²) >= 11 is 1.84. The Kier molecular flexibility index (Phi) is 3.00. The van der Waals surface area contributed by atoms with Gasteiger partial charge in [0.15, 0.2) is 0 Å². The average Bonchev–Trinajstić information content (AvgIpc) is 3.07. The molecule has 0 saturated carbocycles. The van der Waals surface area contributed by atoms with E-state index in [1.807, 2.05) is 17.5 Å². The van der Waals surface area contributed by atoms with Crippen molar-refractivity contribution in [2.75, 3.05) is 20.1 Å². The maximum Gasteiger partial charge on any atom is 0.120 e. The third kappa shape index (κ3) is 1.95. The maximum absolute atomic E-state index is 4.67. The van der Waals surface area contributed by atoms with Crippen LogP contribution in [0.1, 0.15) is 35.0 Å². The molecule has 4 rings (SSSR count). The number of hydrogen-bond donors (Lipinski definition) is 0. The van der Waals surface area contributed by atoms with E-state index in [1.165, 1.54) is 42.2 Å². The molecular formula is C16H19N3S. The Morgan fingerprint density at radius 2 is 2.15 bits per heavy atom. The molecule has 0 amide bonds. The molecule has 2 aliphatic rings. The van der Waals surface area contributed by atoms with Gasteiger partial charge >= 0.3 is 0 Å². The second-order valence-corrected chi connectivity index (χ2v) is 6.81. The van der Waals surface area contributed by atoms with Crippen molar-refractivity contribution in [3.63, 3.8) is 0 Å². The first-order valence-corrected chi connectivity index (χ1v) is 8.18. The largest absolute Gasteiger partial charge is 0.310 e. The molecule has 20 heavy (non-hydrogen) atoms. The number of nitrogens with zero attached hydrogens (tertiary/aromatic N) is 3. The summed E-state index contributed by atoms with van der Waals surface area (Å²) in [5.74, 6) is 2.38. The Bertz CT molecular complexity index is 587. The number of likely N-dealkylation sites (tertiary alicyclic amines) is 1. The van der Waals surface area contributed by atoms with E-state index >= 15 is 0 Å². The molecule has 0 bridgehead atoms. The Morgan fingerprint density at radius 3 is 3.00 bits per heavy atom. The second-order valence-electron chi connectivity index (χ2n) is 5.87. The van der Waals surface area contributed by atoms with Gasteiger partial charge in [-0.2, -0.15) is 0 Å². The number of thiophene rings is 1. The van der Waals surface area contributed by atoms with Gasteiger partial charge in [0.05, 0.1) is 0 Å². The molecule has 2 aromatic heterocycles. The van der Waals surface area contributed by atoms with E-state index in [2.05, 4.69) is 51.4 Å². The molecule has 1 unspecified atom stereocenters. The highest BCUT2D eigenvalue weighted by atomic mass is 32.1. The molecule has 104 valence electrons. The van der Waals surface area contributed by atoms with Crippen molar-refractivity contribution in [3.05, 3.63) is 40.1 Å². The predicted molar refractivity (Wildman–Crippen MR) is 83.8 cm³/mol. The van der Waals surface area contributed by atoms with Crippen molar-refractivity contribution < 1.29 is 0 Å². The van der Waals surface area contributed by atoms with Crippen molar-refractivity contribution >= 4 is 23.6 Å². The maximum atomic E-state index is 4.67. The van der Waals surface area contributed by atoms with Crippen LogP contribution in [0.3, 0.4) is 0 Å². The summed E-state index contributed by atoms with van der Waals surface area (Å²) < 4.78 is 2.20. The molecule has 0 N–H and O–H groups in total. The Morgan fingerprint density at radius 1 is 1.30 bits per heavy atom. The molecule has 3 nitrogen and oxygen atoms in total. The number of fused-ring (bicyclic) bond motifs is 2. The lowest BCUT2D eigenvalue weighted by atomic mass is 9.80. The third-order valence-electron chi connectivity index (χ3n) is 4.66. The molecule has 1 atom stereocenters. The SMILES string of the molecule is CN1CCC(C2c3ccsc3C=Cn3ccnc32)CC1. The first-order valence-electron chi connectivity index (χ1n) is 7.30. The zero-order chi connectivity index (χ0) is 13.5. The normalized spacial score (nSPS) is 23.4. The fourth-order valence-corrected chi connectivity index (χ4v) is 4.36. The van der Waals surface area contributed by atoms with Gasteiger partial charge in [-0.1, -0.05) is 0 Å². The lowest BCUT2D eigenvalue weighted by molar-refractivity contribution is 0.205. The summed E-state index contributed by atoms with van der Waals surface area (Å²) in [7, 11) is 2.22. The summed E-state index contributed by atoms with van der Waals surface area (Å²) in [5, 5.41) is 2.22. The fourth-order valence-electron chi connectivity index (χ4n) is 3.53. The van der Waals surface area contributed by atoms with E-state index < -0.39 is 0 Å². The van der Waals surface area contributed by atoms with Crippen LogP contribution in [0.4, 0.5) is 0 Å². The van der Waals surface area contributed by atoms with Gasteiger partial charge in [-0.15, -0.1) is 11.3 Å². The average molecular weight is 285 g/mol. The second kappa shape index (κ2) is 4.86. The van der Waals surface area contributed by atoms with E-state index in [0.29, 0.717) is 11.8 Å². The molecule has 0 aliphatic carbocycles. The molecule has 2 aliphatic heterocycles. The standard InChI is InChI=1S/C16H19N3S/c1-18-7-2-12(3-8-18)15-13-5-11-20-14(13)4-9-19-10-6-17-16(15)19/h4-6,9-12,15H,2-3,7-8H2,1H3. The van der Waals surface area contributed by atoms with Gasteiger partial charge in [0.1, 0.15) is 5.82 Å². The minimum atomic E-state index is 0.454. The number of aromatic nitrogens is 2. The topological polar surface area (TPSA) is 21.1 Å². The first kappa shape index (κ1) is 12.4. The van der Waals surface area contributed by atoms with Crippen LogP contribution in [0, 0.1) is 5.92 Å². The summed E-state index contributed by atoms with van der Waals surface area (Å²) in [6, 6.07) is 2.30. The van der Waals surface area contributed by atoms with Gasteiger partial charge in [-0.05, 0) is 62.0 Å². The summed E-state index contributed by atoms with van der Waals surface area (Å²) in [6.45, 7) is 2.41. The molecule has 1 saturated heterocycles. The third-order valence-corrected chi connectivity index (χ3v) is 5.56. The Hall–Kier alpha value is -1.39. The highest BCUT2D eigenvalue weighted by Gasteiger charge is 2.33. The van der Waals surface area contributed by atoms with Crippen LogP contribution in [0.2, 0.25) is 0 Å². The van der Waals surface area contributed by atoms with Crippen molar-refractivity contribution in [2.45, 2.75) is 18.8 Å². The smallest absolute Gasteiger partial charge is 0.120 e. The first-order chi connectivity index (χ1) is 9.83. The molecule has 4 heteroatoms. The molecule has 1 fully saturated rings. The van der Waals surface area contributed by atoms with Crippen LogP contribution in [-0.4, -0.2) is 34.6 Å². The van der Waals surface area contributed by atoms with E-state index in [1.54, 1.807) is 0 Å². The van der Waals surface area contributed by atoms with Crippen molar-refractivity contribution in [3.8, 4) is 0 Å². The quantitative estimate of drug-likeness (QED) is 0.801. The highest BCUT2D eigenvalue weighted by Crippen LogP contribution is 2.42. The highest BCUT2D eigenvalue weighted by molar-refractivity contribution is 7.11. The number of piperidine rings is 1. The number of imidazole rings is 1. The van der Waals surface area contributed by atoms with Crippen LogP contribution >= 0.6 is 11.3 Å². The van der Waals surface area contributed by atoms with Crippen molar-refractivity contribution in [2.24, 2.45) is 5.92 Å². The van der Waals surface area contributed by atoms with Gasteiger partial charge in [0.2, 0.25) is 0 Å². The Balaban J connectivity index is 1.78. The predicted octanol–water partition coefficient (Wildman–Crippen LogP) is 3.36. The minimum absolute atomic E-state index is 0.454. The van der Waals surface area contributed by atoms with Gasteiger partial charge in [-0.25, -0.2) is 4.98 Å². The van der Waals surface area contributed by atoms with E-state index in [0.717, 1.165) is 0 Å². The minimum Gasteiger partial charge on any atom is -0.310 e. The molecule has 0 radical (unpaired) electrons. The number of hydrogen-bond acceptors (Lipinski definition) is 3. The van der Waals surface area contributed by atoms with E-state index in [-0.39, 0.29) is 0 Å². The Labute approximate surface area is 123 Å². The van der Waals surface area contributed by atoms with Crippen molar-refractivity contribution in [1.82, 2.24) is 14.5 Å². The van der Waals surface area contributed by atoms with E-state index in [9.17, 15) is 0 Å². The zero-order valence-corrected chi connectivity index (χ0v) is 12.5. The molecule has 0 aromatic carbocycles. The fraction of sp³-hybridized carbons (Fsp3) is 0.438. The van der Waals surface area contributed by atoms with Gasteiger partial charge in [0, 0.05) is 29.4 Å². The van der Waals surface area contributed by atoms with Crippen LogP contribution in [0.5, 0.6) is 0 Å². The lowest BCUT2D eigenvalue weighted by Gasteiger charge is -2.33. The summed E-state index contributed by atoms with van der Waals surface area (Å²) in [5.41, 5.74) is 1.48. The lowest BCUT2D eigenvalue weighted by Crippen LogP contribution is -2.33. The van der Waals surface area contributed by atoms with Crippen molar-refractivity contribution in [1.29, 1.82) is 0 Å². The molecule has 4 heterocycles. The zero-order valence-electron chi connectivity index (χ0n) is 11.7. The summed E-state index contributed by atoms with van der Waals surface area (Å²) in [4.78, 5) is 8.51. The van der Waals surface area contributed by atoms with Gasteiger partial charge < -0.3 is 9.47 Å². The van der Waals surface area contributed by atoms with Gasteiger partial charge in [0.25, 0.3) is 0 Å². The number of rotatable bonds is 1. The van der Waals surface area contributed by atoms with Crippen LogP contribution in [-0.2, 0) is 0 Å². The van der Waals surface area contributed by atoms with Crippen LogP contribution < -0.4 is 0 Å². The molecule has 2 aromatic rings. The molecular weight excluding hydrogens is 266 g/mol. The monoisotopic (exact) mass is 285 g/mol. The summed E-state index contributed by atoms with van der Waals surface area (Å²) in [6.07, 6.45) is 10.9. The van der Waals surface area contributed by atoms with Gasteiger partial charge in [-0.3, -0.25) is 0 Å². The van der Waals surface area contributed by atoms with Crippen LogP contribution in [0.25, 0.3) is 12.3 Å². The van der Waals surface area contributed by atoms with Crippen LogP contribution in [0.15, 0.2) is 23.8 Å². The van der Waals surface area contributed by atoms with E-state index in [4.69, 9.17) is 0 Å².